The largest absolute Gasteiger partial charge is 0.490 e. The van der Waals surface area contributed by atoms with Gasteiger partial charge in [-0.25, -0.2) is 0 Å². The molecule has 1 heterocycles. The third kappa shape index (κ3) is 5.97. The molecule has 0 spiro atoms. The minimum absolute atomic E-state index is 0.0658. The summed E-state index contributed by atoms with van der Waals surface area (Å²) in [6.45, 7) is 8.57. The standard InChI is InChI=1S/C22H29N3O3/c1-3-27-21-13-18(15-25-12-11-23-17(2)14-25)9-10-20(21)28-16-22(26)24-19-7-5-4-6-8-19/h4-10,13,17,23H,3,11-12,14-16H2,1-2H3,(H,24,26). The Morgan fingerprint density at radius 1 is 1.18 bits per heavy atom. The van der Waals surface area contributed by atoms with Crippen LogP contribution in [-0.2, 0) is 11.3 Å². The zero-order valence-electron chi connectivity index (χ0n) is 16.6. The third-order valence-electron chi connectivity index (χ3n) is 4.58. The monoisotopic (exact) mass is 383 g/mol. The molecule has 6 nitrogen and oxygen atoms in total. The lowest BCUT2D eigenvalue weighted by molar-refractivity contribution is -0.118. The average Bonchev–Trinajstić information content (AvgIpc) is 2.68. The first kappa shape index (κ1) is 20.2. The normalized spacial score (nSPS) is 17.1. The zero-order chi connectivity index (χ0) is 19.8. The molecule has 2 N–H and O–H groups in total. The lowest BCUT2D eigenvalue weighted by Crippen LogP contribution is -2.48. The summed E-state index contributed by atoms with van der Waals surface area (Å²) in [6, 6.07) is 15.8. The van der Waals surface area contributed by atoms with Crippen LogP contribution in [0, 0.1) is 0 Å². The van der Waals surface area contributed by atoms with E-state index in [0.717, 1.165) is 31.9 Å². The molecular weight excluding hydrogens is 354 g/mol. The molecular formula is C22H29N3O3. The van der Waals surface area contributed by atoms with Gasteiger partial charge < -0.3 is 20.1 Å². The molecule has 0 radical (unpaired) electrons. The first-order valence-electron chi connectivity index (χ1n) is 9.83. The van der Waals surface area contributed by atoms with Crippen LogP contribution in [0.25, 0.3) is 0 Å². The molecule has 6 heteroatoms. The average molecular weight is 383 g/mol. The van der Waals surface area contributed by atoms with Crippen molar-refractivity contribution in [2.24, 2.45) is 0 Å². The molecule has 1 atom stereocenters. The summed E-state index contributed by atoms with van der Waals surface area (Å²) in [4.78, 5) is 14.6. The van der Waals surface area contributed by atoms with Crippen molar-refractivity contribution in [2.45, 2.75) is 26.4 Å². The maximum atomic E-state index is 12.1. The van der Waals surface area contributed by atoms with Crippen molar-refractivity contribution in [3.8, 4) is 11.5 Å². The second-order valence-electron chi connectivity index (χ2n) is 7.01. The predicted molar refractivity (Wildman–Crippen MR) is 111 cm³/mol. The van der Waals surface area contributed by atoms with E-state index >= 15 is 0 Å². The smallest absolute Gasteiger partial charge is 0.262 e. The summed E-state index contributed by atoms with van der Waals surface area (Å²) in [6.07, 6.45) is 0. The van der Waals surface area contributed by atoms with Gasteiger partial charge in [0.15, 0.2) is 18.1 Å². The zero-order valence-corrected chi connectivity index (χ0v) is 16.6. The van der Waals surface area contributed by atoms with Gasteiger partial charge in [0.25, 0.3) is 5.91 Å². The highest BCUT2D eigenvalue weighted by Gasteiger charge is 2.17. The van der Waals surface area contributed by atoms with Crippen molar-refractivity contribution in [1.29, 1.82) is 0 Å². The number of piperazine rings is 1. The number of anilines is 1. The maximum Gasteiger partial charge on any atom is 0.262 e. The van der Waals surface area contributed by atoms with E-state index in [2.05, 4.69) is 22.5 Å². The fraction of sp³-hybridized carbons (Fsp3) is 0.409. The Bertz CT molecular complexity index is 767. The van der Waals surface area contributed by atoms with Gasteiger partial charge in [0.05, 0.1) is 6.61 Å². The van der Waals surface area contributed by atoms with Crippen molar-refractivity contribution >= 4 is 11.6 Å². The summed E-state index contributed by atoms with van der Waals surface area (Å²) in [5.74, 6) is 1.06. The summed E-state index contributed by atoms with van der Waals surface area (Å²) in [5, 5.41) is 6.27. The number of amides is 1. The maximum absolute atomic E-state index is 12.1. The van der Waals surface area contributed by atoms with Crippen LogP contribution in [0.3, 0.4) is 0 Å². The number of hydrogen-bond donors (Lipinski definition) is 2. The number of hydrogen-bond acceptors (Lipinski definition) is 5. The number of ether oxygens (including phenoxy) is 2. The van der Waals surface area contributed by atoms with Crippen LogP contribution in [0.2, 0.25) is 0 Å². The predicted octanol–water partition coefficient (Wildman–Crippen LogP) is 2.90. The lowest BCUT2D eigenvalue weighted by atomic mass is 10.1. The third-order valence-corrected chi connectivity index (χ3v) is 4.58. The molecule has 1 aliphatic rings. The molecule has 0 aliphatic carbocycles. The Hall–Kier alpha value is -2.57. The Kier molecular flexibility index (Phi) is 7.28. The van der Waals surface area contributed by atoms with Crippen LogP contribution >= 0.6 is 0 Å². The fourth-order valence-corrected chi connectivity index (χ4v) is 3.31. The first-order chi connectivity index (χ1) is 13.6. The highest BCUT2D eigenvalue weighted by molar-refractivity contribution is 5.91. The Balaban J connectivity index is 1.59. The van der Waals surface area contributed by atoms with Gasteiger partial charge in [-0.1, -0.05) is 24.3 Å². The number of carbonyl (C=O) groups excluding carboxylic acids is 1. The summed E-state index contributed by atoms with van der Waals surface area (Å²) < 4.78 is 11.5. The number of nitrogens with zero attached hydrogens (tertiary/aromatic N) is 1. The van der Waals surface area contributed by atoms with E-state index in [4.69, 9.17) is 9.47 Å². The number of benzene rings is 2. The number of nitrogens with one attached hydrogen (secondary N) is 2. The van der Waals surface area contributed by atoms with Crippen LogP contribution in [0.4, 0.5) is 5.69 Å². The second kappa shape index (κ2) is 10.1. The van der Waals surface area contributed by atoms with Gasteiger partial charge in [-0.05, 0) is 43.7 Å². The molecule has 3 rings (SSSR count). The highest BCUT2D eigenvalue weighted by atomic mass is 16.5. The van der Waals surface area contributed by atoms with E-state index in [-0.39, 0.29) is 12.5 Å². The van der Waals surface area contributed by atoms with Gasteiger partial charge in [0.1, 0.15) is 0 Å². The highest BCUT2D eigenvalue weighted by Crippen LogP contribution is 2.29. The van der Waals surface area contributed by atoms with Crippen LogP contribution in [0.1, 0.15) is 19.4 Å². The number of carbonyl (C=O) groups is 1. The Morgan fingerprint density at radius 3 is 2.75 bits per heavy atom. The minimum atomic E-state index is -0.201. The summed E-state index contributed by atoms with van der Waals surface area (Å²) in [7, 11) is 0. The lowest BCUT2D eigenvalue weighted by Gasteiger charge is -2.31. The molecule has 150 valence electrons. The molecule has 2 aromatic carbocycles. The van der Waals surface area contributed by atoms with Crippen molar-refractivity contribution in [1.82, 2.24) is 10.2 Å². The second-order valence-corrected chi connectivity index (χ2v) is 7.01. The van der Waals surface area contributed by atoms with Crippen LogP contribution in [0.5, 0.6) is 11.5 Å². The quantitative estimate of drug-likeness (QED) is 0.734. The van der Waals surface area contributed by atoms with Crippen molar-refractivity contribution < 1.29 is 14.3 Å². The molecule has 0 aromatic heterocycles. The molecule has 1 aliphatic heterocycles. The van der Waals surface area contributed by atoms with Gasteiger partial charge >= 0.3 is 0 Å². The molecule has 1 saturated heterocycles. The van der Waals surface area contributed by atoms with Gasteiger partial charge in [-0.15, -0.1) is 0 Å². The van der Waals surface area contributed by atoms with Crippen molar-refractivity contribution in [2.75, 3.05) is 38.2 Å². The van der Waals surface area contributed by atoms with E-state index < -0.39 is 0 Å². The van der Waals surface area contributed by atoms with Gasteiger partial charge in [-0.2, -0.15) is 0 Å². The van der Waals surface area contributed by atoms with Gasteiger partial charge in [0, 0.05) is 37.9 Å². The van der Waals surface area contributed by atoms with Crippen LogP contribution < -0.4 is 20.1 Å². The van der Waals surface area contributed by atoms with Crippen LogP contribution in [0.15, 0.2) is 48.5 Å². The molecule has 28 heavy (non-hydrogen) atoms. The summed E-state index contributed by atoms with van der Waals surface area (Å²) in [5.41, 5.74) is 1.93. The number of para-hydroxylation sites is 1. The van der Waals surface area contributed by atoms with Crippen molar-refractivity contribution in [3.05, 3.63) is 54.1 Å². The molecule has 1 unspecified atom stereocenters. The van der Waals surface area contributed by atoms with E-state index in [1.54, 1.807) is 0 Å². The minimum Gasteiger partial charge on any atom is -0.490 e. The van der Waals surface area contributed by atoms with Gasteiger partial charge in [-0.3, -0.25) is 9.69 Å². The van der Waals surface area contributed by atoms with E-state index in [1.807, 2.05) is 55.5 Å². The van der Waals surface area contributed by atoms with Crippen LogP contribution in [-0.4, -0.2) is 49.7 Å². The molecule has 0 saturated carbocycles. The topological polar surface area (TPSA) is 62.8 Å². The molecule has 0 bridgehead atoms. The Morgan fingerprint density at radius 2 is 2.00 bits per heavy atom. The van der Waals surface area contributed by atoms with Gasteiger partial charge in [0.2, 0.25) is 0 Å². The molecule has 1 amide bonds. The first-order valence-corrected chi connectivity index (χ1v) is 9.83. The van der Waals surface area contributed by atoms with E-state index in [0.29, 0.717) is 24.1 Å². The molecule has 2 aromatic rings. The molecule has 1 fully saturated rings. The Labute approximate surface area is 166 Å². The van der Waals surface area contributed by atoms with Crippen molar-refractivity contribution in [3.63, 3.8) is 0 Å². The van der Waals surface area contributed by atoms with E-state index in [1.165, 1.54) is 5.56 Å². The fourth-order valence-electron chi connectivity index (χ4n) is 3.31. The summed E-state index contributed by atoms with van der Waals surface area (Å²) >= 11 is 0. The number of rotatable bonds is 8. The van der Waals surface area contributed by atoms with E-state index in [9.17, 15) is 4.79 Å². The SMILES string of the molecule is CCOc1cc(CN2CCNC(C)C2)ccc1OCC(=O)Nc1ccccc1.